The summed E-state index contributed by atoms with van der Waals surface area (Å²) in [6.45, 7) is 0. The number of carbonyl (C=O) groups is 1. The maximum absolute atomic E-state index is 12.5. The number of methoxy groups -OCH3 is 1. The van der Waals surface area contributed by atoms with Crippen molar-refractivity contribution in [2.24, 2.45) is 0 Å². The predicted molar refractivity (Wildman–Crippen MR) is 92.0 cm³/mol. The Morgan fingerprint density at radius 1 is 1.00 bits per heavy atom. The zero-order valence-electron chi connectivity index (χ0n) is 12.7. The maximum Gasteiger partial charge on any atom is 0.186 e. The number of ketones is 1. The molecule has 0 heterocycles. The van der Waals surface area contributed by atoms with Gasteiger partial charge in [-0.1, -0.05) is 42.5 Å². The normalized spacial score (nSPS) is 11.0. The molecule has 3 heteroatoms. The van der Waals surface area contributed by atoms with Crippen LogP contribution in [0.4, 0.5) is 0 Å². The number of fused-ring (bicyclic) bond motifs is 1. The summed E-state index contributed by atoms with van der Waals surface area (Å²) in [5, 5.41) is 11.2. The number of hydrogen-bond donors (Lipinski definition) is 1. The molecule has 114 valence electrons. The van der Waals surface area contributed by atoms with Crippen LogP contribution < -0.4 is 4.74 Å². The van der Waals surface area contributed by atoms with Gasteiger partial charge in [0.15, 0.2) is 5.78 Å². The Kier molecular flexibility index (Phi) is 4.11. The number of ether oxygens (including phenoxy) is 1. The van der Waals surface area contributed by atoms with E-state index in [1.165, 1.54) is 6.08 Å². The minimum absolute atomic E-state index is 0.0906. The fourth-order valence-corrected chi connectivity index (χ4v) is 2.55. The topological polar surface area (TPSA) is 46.5 Å². The van der Waals surface area contributed by atoms with Crippen LogP contribution in [0.3, 0.4) is 0 Å². The van der Waals surface area contributed by atoms with Crippen LogP contribution in [0.1, 0.15) is 15.9 Å². The van der Waals surface area contributed by atoms with Crippen LogP contribution in [-0.4, -0.2) is 18.0 Å². The minimum Gasteiger partial charge on any atom is -0.508 e. The van der Waals surface area contributed by atoms with Gasteiger partial charge in [-0.05, 0) is 41.3 Å². The Bertz CT molecular complexity index is 894. The van der Waals surface area contributed by atoms with E-state index in [4.69, 9.17) is 4.74 Å². The SMILES string of the molecule is COc1ccc(C(=O)/C=C/c2cccc(O)c2)c2ccccc12. The molecule has 3 aromatic carbocycles. The molecule has 0 atom stereocenters. The number of aromatic hydroxyl groups is 1. The summed E-state index contributed by atoms with van der Waals surface area (Å²) in [5.41, 5.74) is 1.40. The molecule has 0 bridgehead atoms. The average molecular weight is 304 g/mol. The van der Waals surface area contributed by atoms with Gasteiger partial charge in [-0.3, -0.25) is 4.79 Å². The van der Waals surface area contributed by atoms with Crippen LogP contribution in [0.2, 0.25) is 0 Å². The number of allylic oxidation sites excluding steroid dienone is 1. The molecule has 0 fully saturated rings. The number of phenolic OH excluding ortho intramolecular Hbond substituents is 1. The molecule has 3 aromatic rings. The number of carbonyl (C=O) groups excluding carboxylic acids is 1. The first kappa shape index (κ1) is 14.9. The summed E-state index contributed by atoms with van der Waals surface area (Å²) in [6.07, 6.45) is 3.21. The molecule has 0 saturated carbocycles. The lowest BCUT2D eigenvalue weighted by atomic mass is 10.00. The van der Waals surface area contributed by atoms with Crippen molar-refractivity contribution < 1.29 is 14.6 Å². The van der Waals surface area contributed by atoms with E-state index in [9.17, 15) is 9.90 Å². The highest BCUT2D eigenvalue weighted by Gasteiger charge is 2.10. The molecular weight excluding hydrogens is 288 g/mol. The van der Waals surface area contributed by atoms with Gasteiger partial charge in [0.25, 0.3) is 0 Å². The summed E-state index contributed by atoms with van der Waals surface area (Å²) >= 11 is 0. The number of hydrogen-bond acceptors (Lipinski definition) is 3. The van der Waals surface area contributed by atoms with Crippen molar-refractivity contribution in [2.45, 2.75) is 0 Å². The standard InChI is InChI=1S/C20H16O3/c1-23-20-12-10-17(16-7-2-3-8-18(16)20)19(22)11-9-14-5-4-6-15(21)13-14/h2-13,21H,1H3/b11-9+. The molecule has 0 spiro atoms. The molecule has 0 unspecified atom stereocenters. The maximum atomic E-state index is 12.5. The van der Waals surface area contributed by atoms with E-state index in [1.54, 1.807) is 43.5 Å². The fourth-order valence-electron chi connectivity index (χ4n) is 2.55. The quantitative estimate of drug-likeness (QED) is 0.572. The first-order valence-electron chi connectivity index (χ1n) is 7.26. The Morgan fingerprint density at radius 3 is 2.52 bits per heavy atom. The minimum atomic E-state index is -0.0906. The Balaban J connectivity index is 1.98. The van der Waals surface area contributed by atoms with Gasteiger partial charge in [-0.15, -0.1) is 0 Å². The van der Waals surface area contributed by atoms with Crippen molar-refractivity contribution in [1.29, 1.82) is 0 Å². The van der Waals surface area contributed by atoms with E-state index in [1.807, 2.05) is 30.3 Å². The van der Waals surface area contributed by atoms with E-state index in [0.717, 1.165) is 22.1 Å². The predicted octanol–water partition coefficient (Wildman–Crippen LogP) is 4.45. The highest BCUT2D eigenvalue weighted by molar-refractivity contribution is 6.15. The number of benzene rings is 3. The third-order valence-electron chi connectivity index (χ3n) is 3.67. The smallest absolute Gasteiger partial charge is 0.186 e. The van der Waals surface area contributed by atoms with Gasteiger partial charge in [0.05, 0.1) is 7.11 Å². The lowest BCUT2D eigenvalue weighted by Gasteiger charge is -2.08. The highest BCUT2D eigenvalue weighted by Crippen LogP contribution is 2.28. The van der Waals surface area contributed by atoms with Crippen molar-refractivity contribution >= 4 is 22.6 Å². The molecule has 3 nitrogen and oxygen atoms in total. The van der Waals surface area contributed by atoms with E-state index in [2.05, 4.69) is 0 Å². The van der Waals surface area contributed by atoms with Gasteiger partial charge in [0, 0.05) is 10.9 Å². The van der Waals surface area contributed by atoms with Crippen LogP contribution in [0.5, 0.6) is 11.5 Å². The summed E-state index contributed by atoms with van der Waals surface area (Å²) < 4.78 is 5.35. The van der Waals surface area contributed by atoms with Crippen molar-refractivity contribution in [1.82, 2.24) is 0 Å². The molecule has 3 rings (SSSR count). The van der Waals surface area contributed by atoms with Crippen LogP contribution in [0, 0.1) is 0 Å². The first-order valence-corrected chi connectivity index (χ1v) is 7.26. The summed E-state index contributed by atoms with van der Waals surface area (Å²) in [6, 6.07) is 18.0. The molecule has 0 aliphatic rings. The molecule has 23 heavy (non-hydrogen) atoms. The second-order valence-electron chi connectivity index (χ2n) is 5.15. The molecule has 0 saturated heterocycles. The van der Waals surface area contributed by atoms with Gasteiger partial charge in [0.2, 0.25) is 0 Å². The highest BCUT2D eigenvalue weighted by atomic mass is 16.5. The number of phenols is 1. The Labute approximate surface area is 134 Å². The summed E-state index contributed by atoms with van der Waals surface area (Å²) in [4.78, 5) is 12.5. The van der Waals surface area contributed by atoms with Gasteiger partial charge in [-0.25, -0.2) is 0 Å². The lowest BCUT2D eigenvalue weighted by molar-refractivity contribution is 0.104. The Morgan fingerprint density at radius 2 is 1.78 bits per heavy atom. The monoisotopic (exact) mass is 304 g/mol. The van der Waals surface area contributed by atoms with Gasteiger partial charge in [-0.2, -0.15) is 0 Å². The van der Waals surface area contributed by atoms with E-state index < -0.39 is 0 Å². The van der Waals surface area contributed by atoms with Crippen LogP contribution in [0.25, 0.3) is 16.8 Å². The summed E-state index contributed by atoms with van der Waals surface area (Å²) in [7, 11) is 1.62. The van der Waals surface area contributed by atoms with Crippen LogP contribution >= 0.6 is 0 Å². The number of rotatable bonds is 4. The molecule has 0 aliphatic heterocycles. The Hall–Kier alpha value is -3.07. The third-order valence-corrected chi connectivity index (χ3v) is 3.67. The zero-order valence-corrected chi connectivity index (χ0v) is 12.7. The molecule has 0 radical (unpaired) electrons. The van der Waals surface area contributed by atoms with Gasteiger partial charge < -0.3 is 9.84 Å². The molecule has 1 N–H and O–H groups in total. The molecule has 0 aromatic heterocycles. The molecule has 0 amide bonds. The third kappa shape index (κ3) is 3.09. The van der Waals surface area contributed by atoms with Crippen molar-refractivity contribution in [3.05, 3.63) is 77.9 Å². The van der Waals surface area contributed by atoms with E-state index in [0.29, 0.717) is 5.56 Å². The largest absolute Gasteiger partial charge is 0.508 e. The summed E-state index contributed by atoms with van der Waals surface area (Å²) in [5.74, 6) is 0.829. The second-order valence-corrected chi connectivity index (χ2v) is 5.15. The van der Waals surface area contributed by atoms with Crippen LogP contribution in [0.15, 0.2) is 66.7 Å². The average Bonchev–Trinajstić information content (AvgIpc) is 2.58. The first-order chi connectivity index (χ1) is 11.2. The van der Waals surface area contributed by atoms with Gasteiger partial charge >= 0.3 is 0 Å². The fraction of sp³-hybridized carbons (Fsp3) is 0.0500. The molecule has 0 aliphatic carbocycles. The molecular formula is C20H16O3. The van der Waals surface area contributed by atoms with Crippen molar-refractivity contribution in [3.63, 3.8) is 0 Å². The van der Waals surface area contributed by atoms with Crippen LogP contribution in [-0.2, 0) is 0 Å². The lowest BCUT2D eigenvalue weighted by Crippen LogP contribution is -1.97. The van der Waals surface area contributed by atoms with Crippen molar-refractivity contribution in [2.75, 3.05) is 7.11 Å². The second kappa shape index (κ2) is 6.36. The van der Waals surface area contributed by atoms with Crippen molar-refractivity contribution in [3.8, 4) is 11.5 Å². The van der Waals surface area contributed by atoms with Gasteiger partial charge in [0.1, 0.15) is 11.5 Å². The van der Waals surface area contributed by atoms with E-state index >= 15 is 0 Å². The van der Waals surface area contributed by atoms with E-state index in [-0.39, 0.29) is 11.5 Å². The zero-order chi connectivity index (χ0) is 16.2.